The number of rotatable bonds is 8. The van der Waals surface area contributed by atoms with Crippen LogP contribution >= 0.6 is 0 Å². The number of anilines is 2. The molecule has 0 bridgehead atoms. The Kier molecular flexibility index (Phi) is 7.50. The third kappa shape index (κ3) is 5.29. The van der Waals surface area contributed by atoms with Gasteiger partial charge in [-0.2, -0.15) is 0 Å². The summed E-state index contributed by atoms with van der Waals surface area (Å²) in [4.78, 5) is 24.5. The van der Waals surface area contributed by atoms with Crippen molar-refractivity contribution < 1.29 is 28.5 Å². The first-order valence-electron chi connectivity index (χ1n) is 8.76. The average molecular weight is 388 g/mol. The Bertz CT molecular complexity index is 837. The molecular formula is C20H24N2O6. The average Bonchev–Trinajstić information content (AvgIpc) is 2.70. The molecule has 8 nitrogen and oxygen atoms in total. The molecule has 0 radical (unpaired) electrons. The molecular weight excluding hydrogens is 364 g/mol. The highest BCUT2D eigenvalue weighted by Crippen LogP contribution is 2.31. The van der Waals surface area contributed by atoms with E-state index in [4.69, 9.17) is 18.9 Å². The van der Waals surface area contributed by atoms with Gasteiger partial charge in [-0.05, 0) is 38.1 Å². The van der Waals surface area contributed by atoms with Crippen LogP contribution in [0.3, 0.4) is 0 Å². The predicted molar refractivity (Wildman–Crippen MR) is 106 cm³/mol. The van der Waals surface area contributed by atoms with Crippen molar-refractivity contribution in [3.63, 3.8) is 0 Å². The lowest BCUT2D eigenvalue weighted by Crippen LogP contribution is -2.29. The summed E-state index contributed by atoms with van der Waals surface area (Å²) in [6.07, 6.45) is 0. The monoisotopic (exact) mass is 388 g/mol. The van der Waals surface area contributed by atoms with Gasteiger partial charge in [0.25, 0.3) is 0 Å². The Balaban J connectivity index is 2.10. The summed E-state index contributed by atoms with van der Waals surface area (Å²) >= 11 is 0. The van der Waals surface area contributed by atoms with Gasteiger partial charge in [-0.25, -0.2) is 0 Å². The highest BCUT2D eigenvalue weighted by Gasteiger charge is 2.17. The minimum absolute atomic E-state index is 0.352. The van der Waals surface area contributed by atoms with Crippen molar-refractivity contribution in [2.45, 2.75) is 13.8 Å². The van der Waals surface area contributed by atoms with Gasteiger partial charge in [0.05, 0.1) is 33.1 Å². The van der Waals surface area contributed by atoms with E-state index in [1.807, 2.05) is 13.8 Å². The molecule has 28 heavy (non-hydrogen) atoms. The molecule has 0 heterocycles. The Hall–Kier alpha value is -3.42. The largest absolute Gasteiger partial charge is 0.497 e. The molecule has 2 aromatic carbocycles. The van der Waals surface area contributed by atoms with Crippen LogP contribution in [0.5, 0.6) is 23.0 Å². The van der Waals surface area contributed by atoms with E-state index in [9.17, 15) is 9.59 Å². The van der Waals surface area contributed by atoms with Crippen LogP contribution in [0, 0.1) is 0 Å². The number of carbonyl (C=O) groups excluding carboxylic acids is 2. The summed E-state index contributed by atoms with van der Waals surface area (Å²) in [6, 6.07) is 9.76. The summed E-state index contributed by atoms with van der Waals surface area (Å²) in [5, 5.41) is 5.05. The van der Waals surface area contributed by atoms with Crippen molar-refractivity contribution in [2.75, 3.05) is 38.1 Å². The van der Waals surface area contributed by atoms with Crippen LogP contribution in [0.1, 0.15) is 13.8 Å². The minimum Gasteiger partial charge on any atom is -0.497 e. The van der Waals surface area contributed by atoms with Crippen molar-refractivity contribution in [1.29, 1.82) is 0 Å². The number of methoxy groups -OCH3 is 2. The van der Waals surface area contributed by atoms with Crippen molar-refractivity contribution in [1.82, 2.24) is 0 Å². The number of carbonyl (C=O) groups is 2. The second kappa shape index (κ2) is 10.1. The number of ether oxygens (including phenoxy) is 4. The molecule has 0 spiro atoms. The maximum atomic E-state index is 12.3. The quantitative estimate of drug-likeness (QED) is 0.675. The molecule has 2 N–H and O–H groups in total. The second-order valence-electron chi connectivity index (χ2n) is 5.50. The molecule has 2 rings (SSSR count). The summed E-state index contributed by atoms with van der Waals surface area (Å²) in [5.41, 5.74) is 0.763. The molecule has 0 atom stereocenters. The first kappa shape index (κ1) is 20.9. The topological polar surface area (TPSA) is 95.1 Å². The van der Waals surface area contributed by atoms with E-state index < -0.39 is 11.8 Å². The van der Waals surface area contributed by atoms with Gasteiger partial charge < -0.3 is 29.6 Å². The summed E-state index contributed by atoms with van der Waals surface area (Å²) in [5.74, 6) is 0.325. The molecule has 0 saturated carbocycles. The molecule has 2 amide bonds. The zero-order valence-electron chi connectivity index (χ0n) is 16.3. The third-order valence-corrected chi connectivity index (χ3v) is 3.66. The van der Waals surface area contributed by atoms with Crippen LogP contribution in [0.15, 0.2) is 36.4 Å². The van der Waals surface area contributed by atoms with Gasteiger partial charge in [0.2, 0.25) is 0 Å². The molecule has 8 heteroatoms. The van der Waals surface area contributed by atoms with Crippen molar-refractivity contribution in [2.24, 2.45) is 0 Å². The van der Waals surface area contributed by atoms with E-state index in [1.54, 1.807) is 36.4 Å². The Labute approximate surface area is 163 Å². The molecule has 150 valence electrons. The van der Waals surface area contributed by atoms with Crippen LogP contribution in [-0.2, 0) is 9.59 Å². The fraction of sp³-hybridized carbons (Fsp3) is 0.300. The van der Waals surface area contributed by atoms with Crippen LogP contribution in [0.2, 0.25) is 0 Å². The minimum atomic E-state index is -0.838. The predicted octanol–water partition coefficient (Wildman–Crippen LogP) is 3.08. The van der Waals surface area contributed by atoms with E-state index in [-0.39, 0.29) is 0 Å². The molecule has 2 aromatic rings. The fourth-order valence-corrected chi connectivity index (χ4v) is 2.40. The van der Waals surface area contributed by atoms with Gasteiger partial charge in [-0.1, -0.05) is 0 Å². The SMILES string of the molecule is CCOc1ccc(NC(=O)C(=O)Nc2ccc(OC)cc2OC)cc1OCC. The van der Waals surface area contributed by atoms with Gasteiger partial charge in [0.1, 0.15) is 11.5 Å². The Morgan fingerprint density at radius 2 is 1.46 bits per heavy atom. The molecule has 0 aliphatic carbocycles. The third-order valence-electron chi connectivity index (χ3n) is 3.66. The van der Waals surface area contributed by atoms with Crippen molar-refractivity contribution in [3.8, 4) is 23.0 Å². The number of benzene rings is 2. The molecule has 0 aliphatic heterocycles. The summed E-state index contributed by atoms with van der Waals surface area (Å²) < 4.78 is 21.3. The first-order chi connectivity index (χ1) is 13.5. The summed E-state index contributed by atoms with van der Waals surface area (Å²) in [7, 11) is 2.98. The lowest BCUT2D eigenvalue weighted by molar-refractivity contribution is -0.133. The van der Waals surface area contributed by atoms with Crippen LogP contribution in [0.25, 0.3) is 0 Å². The van der Waals surface area contributed by atoms with Gasteiger partial charge in [-0.3, -0.25) is 9.59 Å². The van der Waals surface area contributed by atoms with Crippen LogP contribution in [0.4, 0.5) is 11.4 Å². The Morgan fingerprint density at radius 1 is 0.786 bits per heavy atom. The maximum Gasteiger partial charge on any atom is 0.314 e. The van der Waals surface area contributed by atoms with Gasteiger partial charge in [0, 0.05) is 17.8 Å². The van der Waals surface area contributed by atoms with E-state index in [1.165, 1.54) is 14.2 Å². The van der Waals surface area contributed by atoms with E-state index in [2.05, 4.69) is 10.6 Å². The maximum absolute atomic E-state index is 12.3. The normalized spacial score (nSPS) is 10.0. The van der Waals surface area contributed by atoms with Crippen molar-refractivity contribution >= 4 is 23.2 Å². The first-order valence-corrected chi connectivity index (χ1v) is 8.76. The van der Waals surface area contributed by atoms with Gasteiger partial charge in [-0.15, -0.1) is 0 Å². The molecule has 0 saturated heterocycles. The molecule has 0 unspecified atom stereocenters. The molecule has 0 fully saturated rings. The fourth-order valence-electron chi connectivity index (χ4n) is 2.40. The lowest BCUT2D eigenvalue weighted by Gasteiger charge is -2.13. The number of hydrogen-bond acceptors (Lipinski definition) is 6. The van der Waals surface area contributed by atoms with E-state index in [0.29, 0.717) is 47.6 Å². The number of nitrogens with one attached hydrogen (secondary N) is 2. The Morgan fingerprint density at radius 3 is 2.11 bits per heavy atom. The van der Waals surface area contributed by atoms with Gasteiger partial charge >= 0.3 is 11.8 Å². The molecule has 0 aromatic heterocycles. The van der Waals surface area contributed by atoms with E-state index in [0.717, 1.165) is 0 Å². The highest BCUT2D eigenvalue weighted by molar-refractivity contribution is 6.43. The number of hydrogen-bond donors (Lipinski definition) is 2. The van der Waals surface area contributed by atoms with E-state index >= 15 is 0 Å². The van der Waals surface area contributed by atoms with Crippen LogP contribution in [-0.4, -0.2) is 39.2 Å². The molecule has 0 aliphatic rings. The standard InChI is InChI=1S/C20H24N2O6/c1-5-27-16-10-7-13(11-18(16)28-6-2)21-19(23)20(24)22-15-9-8-14(25-3)12-17(15)26-4/h7-12H,5-6H2,1-4H3,(H,21,23)(H,22,24). The zero-order valence-corrected chi connectivity index (χ0v) is 16.3. The van der Waals surface area contributed by atoms with Crippen LogP contribution < -0.4 is 29.6 Å². The number of amides is 2. The summed E-state index contributed by atoms with van der Waals surface area (Å²) in [6.45, 7) is 4.63. The smallest absolute Gasteiger partial charge is 0.314 e. The lowest BCUT2D eigenvalue weighted by atomic mass is 10.2. The zero-order chi connectivity index (χ0) is 20.5. The second-order valence-corrected chi connectivity index (χ2v) is 5.50. The van der Waals surface area contributed by atoms with Crippen molar-refractivity contribution in [3.05, 3.63) is 36.4 Å². The highest BCUT2D eigenvalue weighted by atomic mass is 16.5. The van der Waals surface area contributed by atoms with Gasteiger partial charge in [0.15, 0.2) is 11.5 Å².